The summed E-state index contributed by atoms with van der Waals surface area (Å²) in [5.74, 6) is 0.583. The lowest BCUT2D eigenvalue weighted by Gasteiger charge is -2.26. The largest absolute Gasteiger partial charge is 0.351 e. The van der Waals surface area contributed by atoms with Crippen LogP contribution in [0.15, 0.2) is 23.1 Å². The van der Waals surface area contributed by atoms with Crippen molar-refractivity contribution in [1.29, 1.82) is 0 Å². The van der Waals surface area contributed by atoms with E-state index in [-0.39, 0.29) is 5.56 Å². The summed E-state index contributed by atoms with van der Waals surface area (Å²) in [5.41, 5.74) is 6.50. The zero-order valence-electron chi connectivity index (χ0n) is 11.5. The van der Waals surface area contributed by atoms with Crippen molar-refractivity contribution in [3.8, 4) is 0 Å². The standard InChI is InChI=1S/C14H19N5O/c1-19-12(20)7-2-9-8-16-14(18-13(9)19)17-11-5-3-10(15)4-6-11/h2,7-8,10-11H,3-6,15H2,1H3,(H,16,17,18). The van der Waals surface area contributed by atoms with E-state index in [2.05, 4.69) is 15.3 Å². The van der Waals surface area contributed by atoms with Crippen molar-refractivity contribution < 1.29 is 0 Å². The van der Waals surface area contributed by atoms with E-state index >= 15 is 0 Å². The van der Waals surface area contributed by atoms with Gasteiger partial charge in [0.15, 0.2) is 0 Å². The first-order valence-corrected chi connectivity index (χ1v) is 6.98. The summed E-state index contributed by atoms with van der Waals surface area (Å²) in [5, 5.41) is 4.21. The number of nitrogens with one attached hydrogen (secondary N) is 1. The Kier molecular flexibility index (Phi) is 3.40. The molecule has 0 radical (unpaired) electrons. The molecule has 1 aliphatic carbocycles. The lowest BCUT2D eigenvalue weighted by molar-refractivity contribution is 0.410. The Balaban J connectivity index is 1.85. The van der Waals surface area contributed by atoms with Crippen molar-refractivity contribution in [3.05, 3.63) is 28.7 Å². The summed E-state index contributed by atoms with van der Waals surface area (Å²) in [7, 11) is 1.72. The number of aromatic nitrogens is 3. The van der Waals surface area contributed by atoms with E-state index in [0.717, 1.165) is 31.1 Å². The van der Waals surface area contributed by atoms with Crippen LogP contribution in [-0.4, -0.2) is 26.6 Å². The Morgan fingerprint density at radius 3 is 2.80 bits per heavy atom. The van der Waals surface area contributed by atoms with Gasteiger partial charge >= 0.3 is 0 Å². The van der Waals surface area contributed by atoms with Crippen LogP contribution < -0.4 is 16.6 Å². The first kappa shape index (κ1) is 13.1. The third-order valence-corrected chi connectivity index (χ3v) is 3.95. The maximum atomic E-state index is 11.6. The third-order valence-electron chi connectivity index (χ3n) is 3.95. The molecule has 3 N–H and O–H groups in total. The van der Waals surface area contributed by atoms with Crippen LogP contribution in [0.2, 0.25) is 0 Å². The number of pyridine rings is 1. The number of anilines is 1. The normalized spacial score (nSPS) is 22.9. The number of rotatable bonds is 2. The van der Waals surface area contributed by atoms with Gasteiger partial charge < -0.3 is 11.1 Å². The second kappa shape index (κ2) is 5.20. The third kappa shape index (κ3) is 2.51. The molecule has 0 atom stereocenters. The summed E-state index contributed by atoms with van der Waals surface area (Å²) >= 11 is 0. The number of hydrogen-bond acceptors (Lipinski definition) is 5. The Bertz CT molecular complexity index is 673. The monoisotopic (exact) mass is 273 g/mol. The van der Waals surface area contributed by atoms with Gasteiger partial charge in [0.2, 0.25) is 5.95 Å². The van der Waals surface area contributed by atoms with Crippen LogP contribution in [0.1, 0.15) is 25.7 Å². The lowest BCUT2D eigenvalue weighted by atomic mass is 9.92. The molecule has 0 aliphatic heterocycles. The first-order valence-electron chi connectivity index (χ1n) is 6.98. The molecule has 2 heterocycles. The molecular formula is C14H19N5O. The molecule has 0 amide bonds. The average Bonchev–Trinajstić information content (AvgIpc) is 2.46. The highest BCUT2D eigenvalue weighted by Crippen LogP contribution is 2.20. The number of nitrogens with two attached hydrogens (primary N) is 1. The van der Waals surface area contributed by atoms with Crippen LogP contribution in [0.4, 0.5) is 5.95 Å². The Morgan fingerprint density at radius 1 is 1.30 bits per heavy atom. The first-order chi connectivity index (χ1) is 9.63. The van der Waals surface area contributed by atoms with E-state index in [9.17, 15) is 4.79 Å². The zero-order chi connectivity index (χ0) is 14.1. The summed E-state index contributed by atoms with van der Waals surface area (Å²) < 4.78 is 1.54. The maximum Gasteiger partial charge on any atom is 0.251 e. The van der Waals surface area contributed by atoms with Crippen molar-refractivity contribution in [2.24, 2.45) is 12.8 Å². The summed E-state index contributed by atoms with van der Waals surface area (Å²) in [6.07, 6.45) is 5.89. The summed E-state index contributed by atoms with van der Waals surface area (Å²) in [4.78, 5) is 20.4. The van der Waals surface area contributed by atoms with Gasteiger partial charge in [0.05, 0.1) is 0 Å². The highest BCUT2D eigenvalue weighted by atomic mass is 16.1. The molecule has 1 aliphatic rings. The summed E-state index contributed by atoms with van der Waals surface area (Å²) in [6, 6.07) is 3.97. The molecule has 20 heavy (non-hydrogen) atoms. The number of fused-ring (bicyclic) bond motifs is 1. The van der Waals surface area contributed by atoms with Gasteiger partial charge in [-0.3, -0.25) is 9.36 Å². The van der Waals surface area contributed by atoms with Crippen molar-refractivity contribution in [1.82, 2.24) is 14.5 Å². The fourth-order valence-corrected chi connectivity index (χ4v) is 2.66. The minimum atomic E-state index is -0.0641. The highest BCUT2D eigenvalue weighted by Gasteiger charge is 2.19. The quantitative estimate of drug-likeness (QED) is 0.853. The van der Waals surface area contributed by atoms with Gasteiger partial charge in [-0.1, -0.05) is 0 Å². The SMILES string of the molecule is Cn1c(=O)ccc2cnc(NC3CCC(N)CC3)nc21. The highest BCUT2D eigenvalue weighted by molar-refractivity contribution is 5.74. The van der Waals surface area contributed by atoms with Gasteiger partial charge in [0.1, 0.15) is 5.65 Å². The molecule has 0 aromatic carbocycles. The predicted octanol–water partition coefficient (Wildman–Crippen LogP) is 1.01. The number of aryl methyl sites for hydroxylation is 1. The molecule has 1 fully saturated rings. The van der Waals surface area contributed by atoms with E-state index in [0.29, 0.717) is 23.7 Å². The molecule has 6 heteroatoms. The van der Waals surface area contributed by atoms with E-state index in [1.165, 1.54) is 6.07 Å². The molecule has 106 valence electrons. The van der Waals surface area contributed by atoms with E-state index < -0.39 is 0 Å². The van der Waals surface area contributed by atoms with Gasteiger partial charge in [-0.25, -0.2) is 4.98 Å². The van der Waals surface area contributed by atoms with Crippen LogP contribution in [0.25, 0.3) is 11.0 Å². The molecule has 6 nitrogen and oxygen atoms in total. The molecule has 2 aromatic heterocycles. The minimum Gasteiger partial charge on any atom is -0.351 e. The lowest BCUT2D eigenvalue weighted by Crippen LogP contribution is -2.33. The fourth-order valence-electron chi connectivity index (χ4n) is 2.66. The molecule has 0 unspecified atom stereocenters. The summed E-state index contributed by atoms with van der Waals surface area (Å²) in [6.45, 7) is 0. The maximum absolute atomic E-state index is 11.6. The number of hydrogen-bond donors (Lipinski definition) is 2. The molecule has 2 aromatic rings. The fraction of sp³-hybridized carbons (Fsp3) is 0.500. The van der Waals surface area contributed by atoms with Gasteiger partial charge in [-0.05, 0) is 31.7 Å². The van der Waals surface area contributed by atoms with Gasteiger partial charge in [-0.15, -0.1) is 0 Å². The Hall–Kier alpha value is -1.95. The second-order valence-corrected chi connectivity index (χ2v) is 5.46. The predicted molar refractivity (Wildman–Crippen MR) is 78.6 cm³/mol. The van der Waals surface area contributed by atoms with Crippen LogP contribution in [0.5, 0.6) is 0 Å². The van der Waals surface area contributed by atoms with Crippen LogP contribution in [0, 0.1) is 0 Å². The van der Waals surface area contributed by atoms with E-state index in [1.54, 1.807) is 23.9 Å². The number of nitrogens with zero attached hydrogens (tertiary/aromatic N) is 3. The van der Waals surface area contributed by atoms with Gasteiger partial charge in [-0.2, -0.15) is 4.98 Å². The topological polar surface area (TPSA) is 85.8 Å². The minimum absolute atomic E-state index is 0.0641. The van der Waals surface area contributed by atoms with E-state index in [4.69, 9.17) is 5.73 Å². The molecular weight excluding hydrogens is 254 g/mol. The van der Waals surface area contributed by atoms with Gasteiger partial charge in [0, 0.05) is 36.8 Å². The molecule has 0 spiro atoms. The smallest absolute Gasteiger partial charge is 0.251 e. The van der Waals surface area contributed by atoms with Crippen LogP contribution in [0.3, 0.4) is 0 Å². The van der Waals surface area contributed by atoms with Crippen molar-refractivity contribution >= 4 is 17.0 Å². The van der Waals surface area contributed by atoms with Crippen molar-refractivity contribution in [2.45, 2.75) is 37.8 Å². The molecule has 3 rings (SSSR count). The Morgan fingerprint density at radius 2 is 2.05 bits per heavy atom. The van der Waals surface area contributed by atoms with Crippen molar-refractivity contribution in [2.75, 3.05) is 5.32 Å². The van der Waals surface area contributed by atoms with Crippen LogP contribution >= 0.6 is 0 Å². The molecule has 0 saturated heterocycles. The second-order valence-electron chi connectivity index (χ2n) is 5.46. The van der Waals surface area contributed by atoms with Crippen LogP contribution in [-0.2, 0) is 7.05 Å². The zero-order valence-corrected chi connectivity index (χ0v) is 11.5. The van der Waals surface area contributed by atoms with Gasteiger partial charge in [0.25, 0.3) is 5.56 Å². The Labute approximate surface area is 117 Å². The molecule has 1 saturated carbocycles. The van der Waals surface area contributed by atoms with Crippen molar-refractivity contribution in [3.63, 3.8) is 0 Å². The van der Waals surface area contributed by atoms with E-state index in [1.807, 2.05) is 0 Å². The average molecular weight is 273 g/mol. The molecule has 0 bridgehead atoms.